The molecule has 6 heteroatoms. The van der Waals surface area contributed by atoms with Gasteiger partial charge in [-0.2, -0.15) is 4.98 Å². The summed E-state index contributed by atoms with van der Waals surface area (Å²) in [5.74, 6) is -1.28. The molecule has 0 fully saturated rings. The van der Waals surface area contributed by atoms with Gasteiger partial charge in [-0.1, -0.05) is 11.2 Å². The molecule has 0 aliphatic heterocycles. The van der Waals surface area contributed by atoms with Gasteiger partial charge in [-0.05, 0) is 11.6 Å². The van der Waals surface area contributed by atoms with Crippen molar-refractivity contribution in [3.8, 4) is 0 Å². The van der Waals surface area contributed by atoms with Gasteiger partial charge in [0, 0.05) is 18.8 Å². The van der Waals surface area contributed by atoms with Crippen molar-refractivity contribution in [2.75, 3.05) is 0 Å². The van der Waals surface area contributed by atoms with Crippen molar-refractivity contribution in [2.24, 2.45) is 0 Å². The van der Waals surface area contributed by atoms with Crippen LogP contribution in [0.3, 0.4) is 0 Å². The number of hydrogen-bond donors (Lipinski definition) is 1. The fourth-order valence-corrected chi connectivity index (χ4v) is 1.10. The molecule has 15 heavy (non-hydrogen) atoms. The van der Waals surface area contributed by atoms with Crippen LogP contribution in [0.25, 0.3) is 0 Å². The first kappa shape index (κ1) is 9.32. The van der Waals surface area contributed by atoms with Crippen LogP contribution in [0.5, 0.6) is 0 Å². The molecule has 1 N–H and O–H groups in total. The molecule has 0 bridgehead atoms. The maximum Gasteiger partial charge on any atom is 0.394 e. The van der Waals surface area contributed by atoms with E-state index in [2.05, 4.69) is 19.6 Å². The molecule has 0 radical (unpaired) electrons. The van der Waals surface area contributed by atoms with E-state index in [4.69, 9.17) is 5.11 Å². The van der Waals surface area contributed by atoms with Crippen LogP contribution in [0.15, 0.2) is 29.0 Å². The first-order valence-electron chi connectivity index (χ1n) is 4.20. The third-order valence-electron chi connectivity index (χ3n) is 1.74. The monoisotopic (exact) mass is 205 g/mol. The van der Waals surface area contributed by atoms with Gasteiger partial charge in [-0.3, -0.25) is 4.98 Å². The van der Waals surface area contributed by atoms with Crippen molar-refractivity contribution in [3.63, 3.8) is 0 Å². The van der Waals surface area contributed by atoms with E-state index in [0.29, 0.717) is 12.2 Å². The fourth-order valence-electron chi connectivity index (χ4n) is 1.10. The number of carboxylic acid groups (broad SMARTS) is 1. The number of carbonyl (C=O) groups is 1. The second-order valence-electron chi connectivity index (χ2n) is 2.86. The Labute approximate surface area is 84.6 Å². The van der Waals surface area contributed by atoms with Crippen molar-refractivity contribution in [2.45, 2.75) is 6.42 Å². The Bertz CT molecular complexity index is 466. The molecule has 0 aliphatic carbocycles. The van der Waals surface area contributed by atoms with Crippen LogP contribution < -0.4 is 0 Å². The van der Waals surface area contributed by atoms with Crippen molar-refractivity contribution in [1.29, 1.82) is 0 Å². The maximum absolute atomic E-state index is 10.5. The molecule has 0 spiro atoms. The molecule has 6 nitrogen and oxygen atoms in total. The second kappa shape index (κ2) is 3.87. The number of pyridine rings is 1. The largest absolute Gasteiger partial charge is 0.474 e. The number of rotatable bonds is 3. The number of aromatic nitrogens is 3. The lowest BCUT2D eigenvalue weighted by atomic mass is 10.2. The molecule has 2 aromatic heterocycles. The minimum Gasteiger partial charge on any atom is -0.474 e. The zero-order valence-electron chi connectivity index (χ0n) is 7.62. The molecule has 0 aliphatic rings. The standard InChI is InChI=1S/C9H7N3O3/c13-9(14)8-11-7(12-15-8)4-6-2-1-3-10-5-6/h1-3,5H,4H2,(H,13,14). The molecule has 2 aromatic rings. The van der Waals surface area contributed by atoms with E-state index in [1.165, 1.54) is 0 Å². The van der Waals surface area contributed by atoms with Gasteiger partial charge in [0.15, 0.2) is 5.82 Å². The first-order chi connectivity index (χ1) is 7.25. The number of hydrogen-bond acceptors (Lipinski definition) is 5. The predicted octanol–water partition coefficient (Wildman–Crippen LogP) is 0.754. The van der Waals surface area contributed by atoms with Gasteiger partial charge in [0.05, 0.1) is 0 Å². The minimum atomic E-state index is -1.22. The van der Waals surface area contributed by atoms with Gasteiger partial charge in [0.2, 0.25) is 0 Å². The van der Waals surface area contributed by atoms with Gasteiger partial charge in [-0.25, -0.2) is 4.79 Å². The Balaban J connectivity index is 2.15. The van der Waals surface area contributed by atoms with Crippen LogP contribution in [0, 0.1) is 0 Å². The summed E-state index contributed by atoms with van der Waals surface area (Å²) in [5.41, 5.74) is 0.898. The average Bonchev–Trinajstić information content (AvgIpc) is 2.68. The normalized spacial score (nSPS) is 10.1. The van der Waals surface area contributed by atoms with Crippen molar-refractivity contribution >= 4 is 5.97 Å². The summed E-state index contributed by atoms with van der Waals surface area (Å²) in [5, 5.41) is 12.1. The minimum absolute atomic E-state index is 0.334. The van der Waals surface area contributed by atoms with Crippen LogP contribution >= 0.6 is 0 Å². The van der Waals surface area contributed by atoms with E-state index in [0.717, 1.165) is 5.56 Å². The van der Waals surface area contributed by atoms with Crippen molar-refractivity contribution < 1.29 is 14.4 Å². The lowest BCUT2D eigenvalue weighted by Crippen LogP contribution is -1.97. The van der Waals surface area contributed by atoms with Gasteiger partial charge in [0.1, 0.15) is 0 Å². The Hall–Kier alpha value is -2.24. The van der Waals surface area contributed by atoms with E-state index >= 15 is 0 Å². The SMILES string of the molecule is O=C(O)c1nc(Cc2cccnc2)no1. The lowest BCUT2D eigenvalue weighted by Gasteiger charge is -1.92. The number of aromatic carboxylic acids is 1. The van der Waals surface area contributed by atoms with E-state index in [1.807, 2.05) is 6.07 Å². The third-order valence-corrected chi connectivity index (χ3v) is 1.74. The van der Waals surface area contributed by atoms with Crippen LogP contribution in [-0.2, 0) is 6.42 Å². The molecule has 0 atom stereocenters. The summed E-state index contributed by atoms with van der Waals surface area (Å²) in [6.07, 6.45) is 3.73. The summed E-state index contributed by atoms with van der Waals surface area (Å²) < 4.78 is 4.52. The van der Waals surface area contributed by atoms with Crippen LogP contribution in [0.4, 0.5) is 0 Å². The molecule has 0 amide bonds. The molecule has 0 saturated heterocycles. The predicted molar refractivity (Wildman–Crippen MR) is 48.3 cm³/mol. The van der Waals surface area contributed by atoms with E-state index in [1.54, 1.807) is 18.5 Å². The number of carboxylic acids is 1. The molecule has 2 heterocycles. The number of nitrogens with zero attached hydrogens (tertiary/aromatic N) is 3. The highest BCUT2D eigenvalue weighted by Gasteiger charge is 2.13. The van der Waals surface area contributed by atoms with Gasteiger partial charge >= 0.3 is 11.9 Å². The van der Waals surface area contributed by atoms with E-state index < -0.39 is 11.9 Å². The highest BCUT2D eigenvalue weighted by atomic mass is 16.5. The van der Waals surface area contributed by atoms with Crippen LogP contribution in [-0.4, -0.2) is 26.2 Å². The maximum atomic E-state index is 10.5. The molecule has 76 valence electrons. The highest BCUT2D eigenvalue weighted by Crippen LogP contribution is 2.05. The Kier molecular flexibility index (Phi) is 2.40. The summed E-state index contributed by atoms with van der Waals surface area (Å²) in [4.78, 5) is 18.1. The topological polar surface area (TPSA) is 89.1 Å². The summed E-state index contributed by atoms with van der Waals surface area (Å²) in [7, 11) is 0. The Morgan fingerprint density at radius 1 is 1.53 bits per heavy atom. The molecular formula is C9H7N3O3. The average molecular weight is 205 g/mol. The quantitative estimate of drug-likeness (QED) is 0.795. The first-order valence-corrected chi connectivity index (χ1v) is 4.20. The summed E-state index contributed by atoms with van der Waals surface area (Å²) >= 11 is 0. The molecule has 0 unspecified atom stereocenters. The molecule has 0 saturated carbocycles. The van der Waals surface area contributed by atoms with Crippen molar-refractivity contribution in [3.05, 3.63) is 41.8 Å². The molecule has 2 rings (SSSR count). The van der Waals surface area contributed by atoms with Gasteiger partial charge in [0.25, 0.3) is 0 Å². The Morgan fingerprint density at radius 2 is 2.40 bits per heavy atom. The van der Waals surface area contributed by atoms with Gasteiger partial charge < -0.3 is 9.63 Å². The van der Waals surface area contributed by atoms with E-state index in [9.17, 15) is 4.79 Å². The zero-order chi connectivity index (χ0) is 10.7. The van der Waals surface area contributed by atoms with Gasteiger partial charge in [-0.15, -0.1) is 0 Å². The second-order valence-corrected chi connectivity index (χ2v) is 2.86. The van der Waals surface area contributed by atoms with E-state index in [-0.39, 0.29) is 0 Å². The summed E-state index contributed by atoms with van der Waals surface area (Å²) in [6, 6.07) is 3.64. The summed E-state index contributed by atoms with van der Waals surface area (Å²) in [6.45, 7) is 0. The highest BCUT2D eigenvalue weighted by molar-refractivity contribution is 5.81. The van der Waals surface area contributed by atoms with Crippen molar-refractivity contribution in [1.82, 2.24) is 15.1 Å². The lowest BCUT2D eigenvalue weighted by molar-refractivity contribution is 0.0643. The smallest absolute Gasteiger partial charge is 0.394 e. The molecule has 0 aromatic carbocycles. The molecular weight excluding hydrogens is 198 g/mol. The zero-order valence-corrected chi connectivity index (χ0v) is 7.62. The Morgan fingerprint density at radius 3 is 3.00 bits per heavy atom. The third kappa shape index (κ3) is 2.16. The fraction of sp³-hybridized carbons (Fsp3) is 0.111. The van der Waals surface area contributed by atoms with Crippen LogP contribution in [0.2, 0.25) is 0 Å². The van der Waals surface area contributed by atoms with Crippen LogP contribution in [0.1, 0.15) is 22.1 Å².